The fourth-order valence-electron chi connectivity index (χ4n) is 2.74. The molecule has 0 bridgehead atoms. The highest BCUT2D eigenvalue weighted by Gasteiger charge is 2.19. The van der Waals surface area contributed by atoms with Gasteiger partial charge in [-0.1, -0.05) is 37.3 Å². The molecule has 3 rings (SSSR count). The van der Waals surface area contributed by atoms with E-state index in [0.29, 0.717) is 23.7 Å². The maximum atomic E-state index is 12.7. The lowest BCUT2D eigenvalue weighted by Crippen LogP contribution is -2.27. The molecule has 1 unspecified atom stereocenters. The second-order valence-corrected chi connectivity index (χ2v) is 5.81. The van der Waals surface area contributed by atoms with Crippen LogP contribution in [0, 0.1) is 0 Å². The van der Waals surface area contributed by atoms with Crippen molar-refractivity contribution < 1.29 is 9.53 Å². The average molecular weight is 351 g/mol. The van der Waals surface area contributed by atoms with Crippen molar-refractivity contribution in [2.24, 2.45) is 0 Å². The van der Waals surface area contributed by atoms with Crippen molar-refractivity contribution in [1.29, 1.82) is 0 Å². The van der Waals surface area contributed by atoms with Crippen molar-refractivity contribution in [1.82, 2.24) is 25.3 Å². The molecule has 1 amide bonds. The number of hydrogen-bond acceptors (Lipinski definition) is 5. The third kappa shape index (κ3) is 3.56. The fraction of sp³-hybridized carbons (Fsp3) is 0.263. The molecule has 0 aliphatic rings. The van der Waals surface area contributed by atoms with E-state index in [1.807, 2.05) is 44.2 Å². The zero-order chi connectivity index (χ0) is 18.5. The lowest BCUT2D eigenvalue weighted by atomic mass is 10.1. The third-order valence-corrected chi connectivity index (χ3v) is 4.15. The number of carbonyl (C=O) groups is 1. The minimum atomic E-state index is -0.161. The summed E-state index contributed by atoms with van der Waals surface area (Å²) in [5, 5.41) is 15.4. The Kier molecular flexibility index (Phi) is 5.26. The Labute approximate surface area is 152 Å². The van der Waals surface area contributed by atoms with Gasteiger partial charge in [0.1, 0.15) is 0 Å². The predicted molar refractivity (Wildman–Crippen MR) is 97.4 cm³/mol. The topological polar surface area (TPSA) is 81.9 Å². The molecular formula is C19H21N5O2. The van der Waals surface area contributed by atoms with Gasteiger partial charge >= 0.3 is 0 Å². The fourth-order valence-corrected chi connectivity index (χ4v) is 2.74. The zero-order valence-electron chi connectivity index (χ0n) is 15.0. The summed E-state index contributed by atoms with van der Waals surface area (Å²) in [7, 11) is 1.53. The first kappa shape index (κ1) is 17.6. The number of hydrogen-bond donors (Lipinski definition) is 1. The number of amides is 1. The normalized spacial score (nSPS) is 11.8. The average Bonchev–Trinajstić information content (AvgIpc) is 3.13. The Bertz CT molecular complexity index is 875. The maximum Gasteiger partial charge on any atom is 0.255 e. The van der Waals surface area contributed by atoms with Crippen LogP contribution in [0.4, 0.5) is 0 Å². The standard InChI is InChI=1S/C19H21N5O2/c1-4-16-15(19(25)21-13(2)14-8-6-5-7-9-14)12-20-24(16)17-10-11-18(26-3)23-22-17/h5-13H,4H2,1-3H3,(H,21,25). The molecule has 0 saturated heterocycles. The molecule has 0 saturated carbocycles. The summed E-state index contributed by atoms with van der Waals surface area (Å²) in [5.41, 5.74) is 2.36. The lowest BCUT2D eigenvalue weighted by molar-refractivity contribution is 0.0939. The van der Waals surface area contributed by atoms with Crippen LogP contribution < -0.4 is 10.1 Å². The van der Waals surface area contributed by atoms with Gasteiger partial charge in [-0.05, 0) is 25.0 Å². The SMILES string of the molecule is CCc1c(C(=O)NC(C)c2ccccc2)cnn1-c1ccc(OC)nn1. The highest BCUT2D eigenvalue weighted by atomic mass is 16.5. The smallest absolute Gasteiger partial charge is 0.255 e. The summed E-state index contributed by atoms with van der Waals surface area (Å²) < 4.78 is 6.66. The molecule has 1 atom stereocenters. The van der Waals surface area contributed by atoms with Crippen LogP contribution in [0.1, 0.15) is 41.5 Å². The molecule has 3 aromatic rings. The molecule has 2 heterocycles. The molecule has 0 aliphatic carbocycles. The first-order chi connectivity index (χ1) is 12.6. The van der Waals surface area contributed by atoms with E-state index < -0.39 is 0 Å². The van der Waals surface area contributed by atoms with Gasteiger partial charge in [-0.3, -0.25) is 4.79 Å². The summed E-state index contributed by atoms with van der Waals surface area (Å²) in [6.45, 7) is 3.93. The number of rotatable bonds is 6. The largest absolute Gasteiger partial charge is 0.480 e. The minimum Gasteiger partial charge on any atom is -0.480 e. The quantitative estimate of drug-likeness (QED) is 0.738. The van der Waals surface area contributed by atoms with Gasteiger partial charge in [0.05, 0.1) is 30.6 Å². The predicted octanol–water partition coefficient (Wildman–Crippen LogP) is 2.72. The van der Waals surface area contributed by atoms with Crippen molar-refractivity contribution in [3.05, 3.63) is 65.5 Å². The van der Waals surface area contributed by atoms with Gasteiger partial charge in [0.25, 0.3) is 5.91 Å². The Hall–Kier alpha value is -3.22. The summed E-state index contributed by atoms with van der Waals surface area (Å²) >= 11 is 0. The number of aromatic nitrogens is 4. The van der Waals surface area contributed by atoms with Crippen LogP contribution in [0.25, 0.3) is 5.82 Å². The van der Waals surface area contributed by atoms with E-state index in [-0.39, 0.29) is 11.9 Å². The Morgan fingerprint density at radius 2 is 1.96 bits per heavy atom. The van der Waals surface area contributed by atoms with Gasteiger partial charge < -0.3 is 10.1 Å². The van der Waals surface area contributed by atoms with Crippen molar-refractivity contribution in [3.63, 3.8) is 0 Å². The molecule has 2 aromatic heterocycles. The Morgan fingerprint density at radius 1 is 1.19 bits per heavy atom. The molecule has 0 radical (unpaired) electrons. The minimum absolute atomic E-state index is 0.0995. The summed E-state index contributed by atoms with van der Waals surface area (Å²) in [6, 6.07) is 13.2. The maximum absolute atomic E-state index is 12.7. The van der Waals surface area contributed by atoms with E-state index in [4.69, 9.17) is 4.74 Å². The summed E-state index contributed by atoms with van der Waals surface area (Å²) in [5.74, 6) is 0.803. The zero-order valence-corrected chi connectivity index (χ0v) is 15.0. The lowest BCUT2D eigenvalue weighted by Gasteiger charge is -2.14. The molecule has 1 aromatic carbocycles. The van der Waals surface area contributed by atoms with E-state index in [2.05, 4.69) is 20.6 Å². The van der Waals surface area contributed by atoms with E-state index in [0.717, 1.165) is 11.3 Å². The van der Waals surface area contributed by atoms with Gasteiger partial charge in [0, 0.05) is 6.07 Å². The Balaban J connectivity index is 1.84. The van der Waals surface area contributed by atoms with Crippen LogP contribution in [0.5, 0.6) is 5.88 Å². The van der Waals surface area contributed by atoms with E-state index in [1.54, 1.807) is 23.0 Å². The summed E-state index contributed by atoms with van der Waals surface area (Å²) in [6.07, 6.45) is 2.20. The van der Waals surface area contributed by atoms with Gasteiger partial charge in [-0.2, -0.15) is 5.10 Å². The molecular weight excluding hydrogens is 330 g/mol. The number of benzene rings is 1. The van der Waals surface area contributed by atoms with Gasteiger partial charge in [-0.15, -0.1) is 10.2 Å². The van der Waals surface area contributed by atoms with Crippen LogP contribution in [0.15, 0.2) is 48.7 Å². The number of nitrogens with one attached hydrogen (secondary N) is 1. The molecule has 0 spiro atoms. The highest BCUT2D eigenvalue weighted by Crippen LogP contribution is 2.17. The highest BCUT2D eigenvalue weighted by molar-refractivity contribution is 5.95. The first-order valence-electron chi connectivity index (χ1n) is 8.44. The number of ether oxygens (including phenoxy) is 1. The molecule has 1 N–H and O–H groups in total. The summed E-state index contributed by atoms with van der Waals surface area (Å²) in [4.78, 5) is 12.7. The Morgan fingerprint density at radius 3 is 2.58 bits per heavy atom. The molecule has 134 valence electrons. The van der Waals surface area contributed by atoms with Gasteiger partial charge in [-0.25, -0.2) is 4.68 Å². The number of carbonyl (C=O) groups excluding carboxylic acids is 1. The molecule has 7 nitrogen and oxygen atoms in total. The second-order valence-electron chi connectivity index (χ2n) is 5.81. The van der Waals surface area contributed by atoms with E-state index in [9.17, 15) is 4.79 Å². The van der Waals surface area contributed by atoms with E-state index >= 15 is 0 Å². The molecule has 26 heavy (non-hydrogen) atoms. The van der Waals surface area contributed by atoms with Crippen molar-refractivity contribution in [2.75, 3.05) is 7.11 Å². The van der Waals surface area contributed by atoms with Crippen molar-refractivity contribution >= 4 is 5.91 Å². The van der Waals surface area contributed by atoms with Crippen LogP contribution in [-0.4, -0.2) is 33.0 Å². The molecule has 0 aliphatic heterocycles. The van der Waals surface area contributed by atoms with Crippen LogP contribution in [0.3, 0.4) is 0 Å². The van der Waals surface area contributed by atoms with Crippen LogP contribution in [-0.2, 0) is 6.42 Å². The van der Waals surface area contributed by atoms with Crippen LogP contribution >= 0.6 is 0 Å². The van der Waals surface area contributed by atoms with Crippen molar-refractivity contribution in [2.45, 2.75) is 26.3 Å². The number of nitrogens with zero attached hydrogens (tertiary/aromatic N) is 4. The van der Waals surface area contributed by atoms with Crippen LogP contribution in [0.2, 0.25) is 0 Å². The number of methoxy groups -OCH3 is 1. The van der Waals surface area contributed by atoms with Crippen molar-refractivity contribution in [3.8, 4) is 11.7 Å². The van der Waals surface area contributed by atoms with Gasteiger partial charge in [0.15, 0.2) is 5.82 Å². The first-order valence-corrected chi connectivity index (χ1v) is 8.44. The molecule has 7 heteroatoms. The second kappa shape index (κ2) is 7.77. The monoisotopic (exact) mass is 351 g/mol. The third-order valence-electron chi connectivity index (χ3n) is 4.15. The molecule has 0 fully saturated rings. The van der Waals surface area contributed by atoms with Gasteiger partial charge in [0.2, 0.25) is 5.88 Å². The van der Waals surface area contributed by atoms with E-state index in [1.165, 1.54) is 7.11 Å².